The van der Waals surface area contributed by atoms with Crippen LogP contribution >= 0.6 is 58.0 Å². The van der Waals surface area contributed by atoms with Crippen molar-refractivity contribution in [2.24, 2.45) is 0 Å². The molecule has 0 bridgehead atoms. The zero-order valence-corrected chi connectivity index (χ0v) is 14.9. The van der Waals surface area contributed by atoms with Crippen molar-refractivity contribution in [3.8, 4) is 5.75 Å². The molecule has 0 radical (unpaired) electrons. The van der Waals surface area contributed by atoms with Crippen LogP contribution in [-0.2, 0) is 0 Å². The second kappa shape index (κ2) is 8.74. The lowest BCUT2D eigenvalue weighted by molar-refractivity contribution is 0.309. The molecule has 0 heterocycles. The van der Waals surface area contributed by atoms with Gasteiger partial charge >= 0.3 is 0 Å². The van der Waals surface area contributed by atoms with E-state index in [0.717, 1.165) is 13.1 Å². The van der Waals surface area contributed by atoms with Crippen LogP contribution in [0.3, 0.4) is 0 Å². The number of hydrogen-bond acceptors (Lipinski definition) is 3. The molecule has 0 saturated carbocycles. The van der Waals surface area contributed by atoms with Crippen LogP contribution in [-0.4, -0.2) is 45.2 Å². The molecule has 1 N–H and O–H groups in total. The van der Waals surface area contributed by atoms with Gasteiger partial charge in [-0.15, -0.1) is 0 Å². The van der Waals surface area contributed by atoms with Crippen LogP contribution in [0.25, 0.3) is 0 Å². The fourth-order valence-electron chi connectivity index (χ4n) is 1.36. The quantitative estimate of drug-likeness (QED) is 0.429. The number of rotatable bonds is 7. The highest BCUT2D eigenvalue weighted by Crippen LogP contribution is 2.48. The first-order chi connectivity index (χ1) is 9.36. The summed E-state index contributed by atoms with van der Waals surface area (Å²) in [6.07, 6.45) is 0. The van der Waals surface area contributed by atoms with Gasteiger partial charge in [0.05, 0.1) is 15.1 Å². The van der Waals surface area contributed by atoms with E-state index in [2.05, 4.69) is 10.2 Å². The Hall–Kier alpha value is 0.390. The monoisotopic (exact) mass is 378 g/mol. The van der Waals surface area contributed by atoms with Crippen molar-refractivity contribution in [3.05, 3.63) is 25.1 Å². The molecule has 0 spiro atoms. The predicted octanol–water partition coefficient (Wildman–Crippen LogP) is 4.48. The molecule has 0 aromatic heterocycles. The summed E-state index contributed by atoms with van der Waals surface area (Å²) < 4.78 is 5.52. The molecule has 0 aliphatic heterocycles. The van der Waals surface area contributed by atoms with Gasteiger partial charge < -0.3 is 15.0 Å². The van der Waals surface area contributed by atoms with E-state index in [9.17, 15) is 0 Å². The van der Waals surface area contributed by atoms with Gasteiger partial charge in [-0.3, -0.25) is 0 Å². The Labute approximate surface area is 144 Å². The Morgan fingerprint density at radius 2 is 1.35 bits per heavy atom. The second-order valence-electron chi connectivity index (χ2n) is 4.30. The van der Waals surface area contributed by atoms with Crippen molar-refractivity contribution in [2.75, 3.05) is 40.3 Å². The van der Waals surface area contributed by atoms with Crippen molar-refractivity contribution in [2.45, 2.75) is 0 Å². The van der Waals surface area contributed by atoms with Crippen molar-refractivity contribution in [1.82, 2.24) is 10.2 Å². The summed E-state index contributed by atoms with van der Waals surface area (Å²) >= 11 is 29.9. The SMILES string of the molecule is CN(C)CCNCCOc1c(Cl)c(Cl)c(Cl)c(Cl)c1Cl. The highest BCUT2D eigenvalue weighted by molar-refractivity contribution is 6.55. The van der Waals surface area contributed by atoms with Gasteiger partial charge in [-0.05, 0) is 14.1 Å². The number of ether oxygens (including phenoxy) is 1. The van der Waals surface area contributed by atoms with Gasteiger partial charge in [-0.25, -0.2) is 0 Å². The minimum absolute atomic E-state index is 0.125. The standard InChI is InChI=1S/C12H15Cl5N2O/c1-19(2)5-3-18-4-6-20-12-10(16)8(14)7(13)9(15)11(12)17/h18H,3-6H2,1-2H3. The third-order valence-electron chi connectivity index (χ3n) is 2.43. The molecule has 0 atom stereocenters. The van der Waals surface area contributed by atoms with Crippen molar-refractivity contribution in [1.29, 1.82) is 0 Å². The summed E-state index contributed by atoms with van der Waals surface area (Å²) in [5, 5.41) is 3.95. The maximum Gasteiger partial charge on any atom is 0.159 e. The Kier molecular flexibility index (Phi) is 8.06. The third-order valence-corrected chi connectivity index (χ3v) is 4.67. The Morgan fingerprint density at radius 3 is 1.85 bits per heavy atom. The summed E-state index contributed by atoms with van der Waals surface area (Å²) in [5.74, 6) is 0.252. The summed E-state index contributed by atoms with van der Waals surface area (Å²) in [5.41, 5.74) is 0. The lowest BCUT2D eigenvalue weighted by atomic mass is 10.3. The summed E-state index contributed by atoms with van der Waals surface area (Å²) in [4.78, 5) is 2.08. The van der Waals surface area contributed by atoms with Crippen LogP contribution in [0.5, 0.6) is 5.75 Å². The van der Waals surface area contributed by atoms with Crippen molar-refractivity contribution in [3.63, 3.8) is 0 Å². The minimum atomic E-state index is 0.125. The molecule has 1 aromatic carbocycles. The highest BCUT2D eigenvalue weighted by Gasteiger charge is 2.20. The van der Waals surface area contributed by atoms with Crippen molar-refractivity contribution < 1.29 is 4.74 Å². The van der Waals surface area contributed by atoms with Crippen LogP contribution in [0.15, 0.2) is 0 Å². The van der Waals surface area contributed by atoms with Crippen LogP contribution in [0, 0.1) is 0 Å². The molecule has 114 valence electrons. The van der Waals surface area contributed by atoms with Gasteiger partial charge in [0.15, 0.2) is 5.75 Å². The van der Waals surface area contributed by atoms with E-state index in [1.54, 1.807) is 0 Å². The largest absolute Gasteiger partial charge is 0.489 e. The molecule has 0 amide bonds. The van der Waals surface area contributed by atoms with Gasteiger partial charge in [0.1, 0.15) is 16.7 Å². The first kappa shape index (κ1) is 18.4. The number of halogens is 5. The van der Waals surface area contributed by atoms with Gasteiger partial charge in [-0.1, -0.05) is 58.0 Å². The normalized spacial score (nSPS) is 11.2. The molecular weight excluding hydrogens is 365 g/mol. The van der Waals surface area contributed by atoms with Gasteiger partial charge in [0, 0.05) is 19.6 Å². The molecule has 0 fully saturated rings. The molecule has 0 aliphatic carbocycles. The highest BCUT2D eigenvalue weighted by atomic mass is 35.5. The maximum atomic E-state index is 6.05. The minimum Gasteiger partial charge on any atom is -0.489 e. The van der Waals surface area contributed by atoms with Crippen LogP contribution < -0.4 is 10.1 Å². The molecule has 20 heavy (non-hydrogen) atoms. The molecule has 3 nitrogen and oxygen atoms in total. The van der Waals surface area contributed by atoms with Gasteiger partial charge in [0.25, 0.3) is 0 Å². The molecule has 0 unspecified atom stereocenters. The van der Waals surface area contributed by atoms with Crippen LogP contribution in [0.1, 0.15) is 0 Å². The van der Waals surface area contributed by atoms with E-state index >= 15 is 0 Å². The van der Waals surface area contributed by atoms with Crippen molar-refractivity contribution >= 4 is 58.0 Å². The van der Waals surface area contributed by atoms with E-state index in [0.29, 0.717) is 13.2 Å². The fourth-order valence-corrected chi connectivity index (χ4v) is 2.59. The summed E-state index contributed by atoms with van der Waals surface area (Å²) in [6, 6.07) is 0. The Morgan fingerprint density at radius 1 is 0.850 bits per heavy atom. The van der Waals surface area contributed by atoms with E-state index < -0.39 is 0 Å². The van der Waals surface area contributed by atoms with Gasteiger partial charge in [0.2, 0.25) is 0 Å². The summed E-state index contributed by atoms with van der Waals surface area (Å²) in [6.45, 7) is 2.85. The zero-order chi connectivity index (χ0) is 15.3. The predicted molar refractivity (Wildman–Crippen MR) is 88.4 cm³/mol. The number of nitrogens with zero attached hydrogens (tertiary/aromatic N) is 1. The molecule has 1 aromatic rings. The van der Waals surface area contributed by atoms with E-state index in [1.165, 1.54) is 0 Å². The lowest BCUT2D eigenvalue weighted by Gasteiger charge is -2.14. The first-order valence-electron chi connectivity index (χ1n) is 5.86. The number of hydrogen-bond donors (Lipinski definition) is 1. The molecule has 0 saturated heterocycles. The third kappa shape index (κ3) is 4.99. The first-order valence-corrected chi connectivity index (χ1v) is 7.75. The van der Waals surface area contributed by atoms with E-state index in [4.69, 9.17) is 62.7 Å². The summed E-state index contributed by atoms with van der Waals surface area (Å²) in [7, 11) is 4.02. The molecule has 1 rings (SSSR count). The lowest BCUT2D eigenvalue weighted by Crippen LogP contribution is -2.29. The molecule has 0 aliphatic rings. The number of nitrogens with one attached hydrogen (secondary N) is 1. The maximum absolute atomic E-state index is 6.05. The fraction of sp³-hybridized carbons (Fsp3) is 0.500. The van der Waals surface area contributed by atoms with Crippen LogP contribution in [0.4, 0.5) is 0 Å². The second-order valence-corrected chi connectivity index (χ2v) is 6.19. The Balaban J connectivity index is 2.57. The smallest absolute Gasteiger partial charge is 0.159 e. The van der Waals surface area contributed by atoms with E-state index in [1.807, 2.05) is 14.1 Å². The Bertz CT molecular complexity index is 439. The topological polar surface area (TPSA) is 24.5 Å². The van der Waals surface area contributed by atoms with Gasteiger partial charge in [-0.2, -0.15) is 0 Å². The average molecular weight is 381 g/mol. The zero-order valence-electron chi connectivity index (χ0n) is 11.1. The van der Waals surface area contributed by atoms with E-state index in [-0.39, 0.29) is 30.9 Å². The molecule has 8 heteroatoms. The average Bonchev–Trinajstić information content (AvgIpc) is 2.41. The van der Waals surface area contributed by atoms with Crippen LogP contribution in [0.2, 0.25) is 25.1 Å². The molecular formula is C12H15Cl5N2O. The number of likely N-dealkylation sites (N-methyl/N-ethyl adjacent to an activating group) is 1. The number of benzene rings is 1.